The van der Waals surface area contributed by atoms with Crippen molar-refractivity contribution in [2.24, 2.45) is 0 Å². The minimum Gasteiger partial charge on any atom is -0.484 e. The fraction of sp³-hybridized carbons (Fsp3) is 0.130. The van der Waals surface area contributed by atoms with Crippen LogP contribution in [0.15, 0.2) is 70.8 Å². The number of carbonyl (C=O) groups excluding carboxylic acids is 1. The summed E-state index contributed by atoms with van der Waals surface area (Å²) in [4.78, 5) is 14.5. The van der Waals surface area contributed by atoms with Crippen LogP contribution in [0.4, 0.5) is 0 Å². The first-order chi connectivity index (χ1) is 14.9. The number of halogens is 2. The molecule has 0 bridgehead atoms. The van der Waals surface area contributed by atoms with Gasteiger partial charge in [0.15, 0.2) is 5.11 Å². The molecule has 5 nitrogen and oxygen atoms in total. The van der Waals surface area contributed by atoms with Crippen molar-refractivity contribution >= 4 is 52.5 Å². The molecule has 4 rings (SSSR count). The Morgan fingerprint density at radius 1 is 1.16 bits per heavy atom. The van der Waals surface area contributed by atoms with Gasteiger partial charge < -0.3 is 14.5 Å². The number of hydrogen-bond acceptors (Lipinski definition) is 4. The maximum absolute atomic E-state index is 12.9. The van der Waals surface area contributed by atoms with Gasteiger partial charge in [-0.05, 0) is 55.0 Å². The Balaban J connectivity index is 1.45. The molecular formula is C23H18Cl2N2O3S. The molecule has 1 aromatic heterocycles. The van der Waals surface area contributed by atoms with Crippen LogP contribution in [0.25, 0.3) is 6.08 Å². The van der Waals surface area contributed by atoms with Crippen LogP contribution in [0.1, 0.15) is 30.0 Å². The van der Waals surface area contributed by atoms with E-state index in [0.717, 1.165) is 5.56 Å². The second-order valence-corrected chi connectivity index (χ2v) is 8.15. The molecular weight excluding hydrogens is 455 g/mol. The molecule has 1 unspecified atom stereocenters. The molecule has 0 radical (unpaired) electrons. The van der Waals surface area contributed by atoms with Crippen molar-refractivity contribution in [2.45, 2.75) is 19.6 Å². The van der Waals surface area contributed by atoms with Crippen molar-refractivity contribution in [3.8, 4) is 5.75 Å². The molecule has 1 fully saturated rings. The minimum absolute atomic E-state index is 0.182. The summed E-state index contributed by atoms with van der Waals surface area (Å²) in [7, 11) is 0. The fourth-order valence-electron chi connectivity index (χ4n) is 3.21. The van der Waals surface area contributed by atoms with Gasteiger partial charge in [-0.15, -0.1) is 0 Å². The van der Waals surface area contributed by atoms with Crippen LogP contribution in [-0.4, -0.2) is 15.9 Å². The van der Waals surface area contributed by atoms with E-state index in [4.69, 9.17) is 44.6 Å². The molecule has 2 aromatic carbocycles. The van der Waals surface area contributed by atoms with E-state index in [1.165, 1.54) is 0 Å². The number of ether oxygens (including phenoxy) is 1. The van der Waals surface area contributed by atoms with Crippen molar-refractivity contribution in [3.63, 3.8) is 0 Å². The molecule has 31 heavy (non-hydrogen) atoms. The van der Waals surface area contributed by atoms with E-state index in [1.807, 2.05) is 37.3 Å². The maximum atomic E-state index is 12.9. The van der Waals surface area contributed by atoms with E-state index in [1.54, 1.807) is 41.3 Å². The lowest BCUT2D eigenvalue weighted by atomic mass is 10.1. The molecule has 158 valence electrons. The zero-order valence-electron chi connectivity index (χ0n) is 16.5. The van der Waals surface area contributed by atoms with Crippen LogP contribution in [0.5, 0.6) is 5.75 Å². The van der Waals surface area contributed by atoms with E-state index >= 15 is 0 Å². The van der Waals surface area contributed by atoms with E-state index in [0.29, 0.717) is 38.1 Å². The number of carbonyl (C=O) groups is 1. The Kier molecular flexibility index (Phi) is 6.32. The largest absolute Gasteiger partial charge is 0.484 e. The van der Waals surface area contributed by atoms with Crippen LogP contribution in [0.3, 0.4) is 0 Å². The van der Waals surface area contributed by atoms with Gasteiger partial charge in [-0.3, -0.25) is 9.69 Å². The van der Waals surface area contributed by atoms with E-state index < -0.39 is 0 Å². The summed E-state index contributed by atoms with van der Waals surface area (Å²) in [5.41, 5.74) is 1.36. The monoisotopic (exact) mass is 472 g/mol. The molecule has 1 saturated heterocycles. The first-order valence-electron chi connectivity index (χ1n) is 9.50. The van der Waals surface area contributed by atoms with Gasteiger partial charge in [0.25, 0.3) is 5.91 Å². The highest BCUT2D eigenvalue weighted by Crippen LogP contribution is 2.29. The standard InChI is InChI=1S/C23H18Cl2N2O3S/c1-14(15-5-3-2-4-6-15)27-22(28)20(26-23(27)31)12-17-8-9-18(30-17)13-29-21-10-7-16(24)11-19(21)25/h2-12,14H,13H2,1H3,(H,26,31)/b20-12-. The van der Waals surface area contributed by atoms with Gasteiger partial charge in [0.1, 0.15) is 29.6 Å². The molecule has 2 heterocycles. The second-order valence-electron chi connectivity index (χ2n) is 6.92. The third kappa shape index (κ3) is 4.77. The van der Waals surface area contributed by atoms with Crippen molar-refractivity contribution in [2.75, 3.05) is 0 Å². The van der Waals surface area contributed by atoms with Gasteiger partial charge in [-0.25, -0.2) is 0 Å². The Hall–Kier alpha value is -2.80. The molecule has 0 aliphatic carbocycles. The van der Waals surface area contributed by atoms with Crippen molar-refractivity contribution in [3.05, 3.63) is 93.5 Å². The first-order valence-corrected chi connectivity index (χ1v) is 10.7. The third-order valence-electron chi connectivity index (χ3n) is 4.81. The molecule has 0 spiro atoms. The highest BCUT2D eigenvalue weighted by atomic mass is 35.5. The first kappa shape index (κ1) is 21.4. The average Bonchev–Trinajstić information content (AvgIpc) is 3.31. The number of amides is 1. The number of nitrogens with one attached hydrogen (secondary N) is 1. The predicted octanol–water partition coefficient (Wildman–Crippen LogP) is 5.98. The maximum Gasteiger partial charge on any atom is 0.277 e. The third-order valence-corrected chi connectivity index (χ3v) is 5.64. The van der Waals surface area contributed by atoms with Gasteiger partial charge in [0.05, 0.1) is 11.1 Å². The topological polar surface area (TPSA) is 54.7 Å². The zero-order valence-corrected chi connectivity index (χ0v) is 18.8. The van der Waals surface area contributed by atoms with E-state index in [2.05, 4.69) is 5.32 Å². The van der Waals surface area contributed by atoms with Gasteiger partial charge in [-0.1, -0.05) is 53.5 Å². The Morgan fingerprint density at radius 3 is 2.68 bits per heavy atom. The van der Waals surface area contributed by atoms with Gasteiger partial charge in [0, 0.05) is 11.1 Å². The summed E-state index contributed by atoms with van der Waals surface area (Å²) in [5.74, 6) is 1.39. The highest BCUT2D eigenvalue weighted by molar-refractivity contribution is 7.80. The fourth-order valence-corrected chi connectivity index (χ4v) is 4.03. The van der Waals surface area contributed by atoms with Crippen LogP contribution in [0, 0.1) is 0 Å². The molecule has 8 heteroatoms. The Morgan fingerprint density at radius 2 is 1.94 bits per heavy atom. The van der Waals surface area contributed by atoms with Crippen molar-refractivity contribution in [1.82, 2.24) is 10.2 Å². The predicted molar refractivity (Wildman–Crippen MR) is 125 cm³/mol. The normalized spacial score (nSPS) is 16.0. The summed E-state index contributed by atoms with van der Waals surface area (Å²) in [6.07, 6.45) is 1.63. The summed E-state index contributed by atoms with van der Waals surface area (Å²) in [6.45, 7) is 2.12. The molecule has 1 N–H and O–H groups in total. The van der Waals surface area contributed by atoms with Gasteiger partial charge in [0.2, 0.25) is 0 Å². The second kappa shape index (κ2) is 9.14. The molecule has 1 aliphatic heterocycles. The minimum atomic E-state index is -0.205. The van der Waals surface area contributed by atoms with Crippen molar-refractivity contribution < 1.29 is 13.9 Å². The molecule has 0 saturated carbocycles. The van der Waals surface area contributed by atoms with E-state index in [9.17, 15) is 4.79 Å². The lowest BCUT2D eigenvalue weighted by Gasteiger charge is -2.23. The number of furan rings is 1. The molecule has 1 aliphatic rings. The number of nitrogens with zero attached hydrogens (tertiary/aromatic N) is 1. The summed E-state index contributed by atoms with van der Waals surface area (Å²) in [6, 6.07) is 18.1. The summed E-state index contributed by atoms with van der Waals surface area (Å²) < 4.78 is 11.5. The zero-order chi connectivity index (χ0) is 22.0. The number of benzene rings is 2. The lowest BCUT2D eigenvalue weighted by Crippen LogP contribution is -2.33. The van der Waals surface area contributed by atoms with E-state index in [-0.39, 0.29) is 18.6 Å². The SMILES string of the molecule is CC(c1ccccc1)N1C(=O)/C(=C/c2ccc(COc3ccc(Cl)cc3Cl)o2)NC1=S. The van der Waals surface area contributed by atoms with Crippen LogP contribution in [0.2, 0.25) is 10.0 Å². The number of rotatable bonds is 6. The van der Waals surface area contributed by atoms with Crippen molar-refractivity contribution in [1.29, 1.82) is 0 Å². The quantitative estimate of drug-likeness (QED) is 0.353. The molecule has 3 aromatic rings. The van der Waals surface area contributed by atoms with Gasteiger partial charge >= 0.3 is 0 Å². The summed E-state index contributed by atoms with van der Waals surface area (Å²) >= 11 is 17.4. The number of hydrogen-bond donors (Lipinski definition) is 1. The lowest BCUT2D eigenvalue weighted by molar-refractivity contribution is -0.123. The molecule has 1 amide bonds. The average molecular weight is 473 g/mol. The highest BCUT2D eigenvalue weighted by Gasteiger charge is 2.35. The van der Waals surface area contributed by atoms with Crippen LogP contribution >= 0.6 is 35.4 Å². The number of thiocarbonyl (C=S) groups is 1. The Bertz CT molecular complexity index is 1160. The smallest absolute Gasteiger partial charge is 0.277 e. The Labute approximate surface area is 195 Å². The summed E-state index contributed by atoms with van der Waals surface area (Å²) in [5, 5.41) is 4.30. The van der Waals surface area contributed by atoms with Crippen LogP contribution in [-0.2, 0) is 11.4 Å². The molecule has 1 atom stereocenters. The van der Waals surface area contributed by atoms with Gasteiger partial charge in [-0.2, -0.15) is 0 Å². The van der Waals surface area contributed by atoms with Crippen LogP contribution < -0.4 is 10.1 Å².